The summed E-state index contributed by atoms with van der Waals surface area (Å²) in [6, 6.07) is 0.390. The van der Waals surface area contributed by atoms with E-state index in [2.05, 4.69) is 51.6 Å². The number of imidazole rings is 1. The van der Waals surface area contributed by atoms with Gasteiger partial charge in [0.05, 0.1) is 18.3 Å². The zero-order valence-corrected chi connectivity index (χ0v) is 13.4. The number of rotatable bonds is 3. The van der Waals surface area contributed by atoms with Crippen LogP contribution in [0.3, 0.4) is 0 Å². The molecule has 0 aliphatic heterocycles. The normalized spacial score (nSPS) is 18.8. The van der Waals surface area contributed by atoms with Gasteiger partial charge in [-0.1, -0.05) is 0 Å². The zero-order valence-electron chi connectivity index (χ0n) is 13.4. The van der Waals surface area contributed by atoms with Crippen molar-refractivity contribution >= 4 is 0 Å². The number of nitrogens with zero attached hydrogens (tertiary/aromatic N) is 4. The summed E-state index contributed by atoms with van der Waals surface area (Å²) in [6.07, 6.45) is 9.41. The fourth-order valence-electron chi connectivity index (χ4n) is 3.13. The molecule has 1 atom stereocenters. The molecular weight excluding hydrogens is 262 g/mol. The predicted molar refractivity (Wildman–Crippen MR) is 82.9 cm³/mol. The van der Waals surface area contributed by atoms with Crippen molar-refractivity contribution in [1.29, 1.82) is 0 Å². The van der Waals surface area contributed by atoms with Gasteiger partial charge in [-0.3, -0.25) is 4.68 Å². The lowest BCUT2D eigenvalue weighted by Gasteiger charge is -2.28. The molecule has 2 aromatic heterocycles. The molecule has 0 radical (unpaired) electrons. The largest absolute Gasteiger partial charge is 0.337 e. The van der Waals surface area contributed by atoms with E-state index >= 15 is 0 Å². The summed E-state index contributed by atoms with van der Waals surface area (Å²) in [6.45, 7) is 7.44. The van der Waals surface area contributed by atoms with Gasteiger partial charge in [-0.2, -0.15) is 5.10 Å². The van der Waals surface area contributed by atoms with Crippen LogP contribution in [0, 0.1) is 0 Å². The molecule has 0 aromatic carbocycles. The second kappa shape index (κ2) is 5.30. The molecule has 5 nitrogen and oxygen atoms in total. The van der Waals surface area contributed by atoms with Gasteiger partial charge >= 0.3 is 0 Å². The van der Waals surface area contributed by atoms with Crippen molar-refractivity contribution in [2.75, 3.05) is 0 Å². The first kappa shape index (κ1) is 14.3. The zero-order chi connectivity index (χ0) is 15.0. The molecule has 0 saturated heterocycles. The van der Waals surface area contributed by atoms with Crippen molar-refractivity contribution < 1.29 is 0 Å². The Labute approximate surface area is 126 Å². The molecule has 1 aliphatic rings. The van der Waals surface area contributed by atoms with E-state index in [0.717, 1.165) is 18.8 Å². The monoisotopic (exact) mass is 287 g/mol. The molecule has 5 heteroatoms. The Bertz CT molecular complexity index is 617. The summed E-state index contributed by atoms with van der Waals surface area (Å²) < 4.78 is 4.26. The van der Waals surface area contributed by atoms with Crippen LogP contribution in [0.15, 0.2) is 18.6 Å². The molecule has 0 saturated carbocycles. The maximum atomic E-state index is 4.64. The lowest BCUT2D eigenvalue weighted by atomic mass is 9.92. The van der Waals surface area contributed by atoms with E-state index in [0.29, 0.717) is 6.04 Å². The second-order valence-electron chi connectivity index (χ2n) is 6.91. The van der Waals surface area contributed by atoms with E-state index in [4.69, 9.17) is 0 Å². The first-order valence-corrected chi connectivity index (χ1v) is 7.73. The third kappa shape index (κ3) is 2.75. The standard InChI is InChI=1S/C16H25N5/c1-16(2,3)21-14-7-5-6-13(12(14)10-19-21)18-11-15-17-8-9-20(15)4/h8-10,13,18H,5-7,11H2,1-4H3/t13-/m1/s1. The van der Waals surface area contributed by atoms with Gasteiger partial charge in [0.1, 0.15) is 5.82 Å². The average Bonchev–Trinajstić information content (AvgIpc) is 3.02. The minimum Gasteiger partial charge on any atom is -0.337 e. The third-order valence-electron chi connectivity index (χ3n) is 4.25. The molecule has 2 aromatic rings. The van der Waals surface area contributed by atoms with Gasteiger partial charge in [-0.25, -0.2) is 4.98 Å². The lowest BCUT2D eigenvalue weighted by Crippen LogP contribution is -2.29. The minimum absolute atomic E-state index is 0.0507. The van der Waals surface area contributed by atoms with Crippen molar-refractivity contribution in [2.24, 2.45) is 7.05 Å². The van der Waals surface area contributed by atoms with Crippen LogP contribution < -0.4 is 5.32 Å². The Balaban J connectivity index is 1.78. The summed E-state index contributed by atoms with van der Waals surface area (Å²) in [5.74, 6) is 1.07. The molecule has 0 bridgehead atoms. The van der Waals surface area contributed by atoms with Gasteiger partial charge in [0.25, 0.3) is 0 Å². The van der Waals surface area contributed by atoms with Crippen molar-refractivity contribution in [2.45, 2.75) is 58.2 Å². The Morgan fingerprint density at radius 3 is 2.86 bits per heavy atom. The Kier molecular flexibility index (Phi) is 3.61. The minimum atomic E-state index is 0.0507. The summed E-state index contributed by atoms with van der Waals surface area (Å²) in [4.78, 5) is 4.38. The molecule has 0 amide bonds. The number of aromatic nitrogens is 4. The smallest absolute Gasteiger partial charge is 0.122 e. The number of aryl methyl sites for hydroxylation is 1. The highest BCUT2D eigenvalue weighted by Gasteiger charge is 2.27. The summed E-state index contributed by atoms with van der Waals surface area (Å²) >= 11 is 0. The average molecular weight is 287 g/mol. The summed E-state index contributed by atoms with van der Waals surface area (Å²) in [7, 11) is 2.04. The molecule has 0 fully saturated rings. The molecule has 2 heterocycles. The van der Waals surface area contributed by atoms with Crippen molar-refractivity contribution in [1.82, 2.24) is 24.6 Å². The van der Waals surface area contributed by atoms with Crippen molar-refractivity contribution in [3.05, 3.63) is 35.7 Å². The number of hydrogen-bond acceptors (Lipinski definition) is 3. The quantitative estimate of drug-likeness (QED) is 0.943. The summed E-state index contributed by atoms with van der Waals surface area (Å²) in [5.41, 5.74) is 2.81. The lowest BCUT2D eigenvalue weighted by molar-refractivity contribution is 0.334. The topological polar surface area (TPSA) is 47.7 Å². The van der Waals surface area contributed by atoms with E-state index in [9.17, 15) is 0 Å². The maximum Gasteiger partial charge on any atom is 0.122 e. The first-order chi connectivity index (χ1) is 9.97. The van der Waals surface area contributed by atoms with Gasteiger partial charge in [0, 0.05) is 36.7 Å². The molecule has 21 heavy (non-hydrogen) atoms. The Hall–Kier alpha value is -1.62. The van der Waals surface area contributed by atoms with E-state index in [1.807, 2.05) is 19.4 Å². The van der Waals surface area contributed by atoms with E-state index in [1.54, 1.807) is 0 Å². The van der Waals surface area contributed by atoms with Crippen LogP contribution >= 0.6 is 0 Å². The number of nitrogens with one attached hydrogen (secondary N) is 1. The van der Waals surface area contributed by atoms with Crippen LogP contribution in [0.25, 0.3) is 0 Å². The second-order valence-corrected chi connectivity index (χ2v) is 6.91. The van der Waals surface area contributed by atoms with Crippen LogP contribution in [0.2, 0.25) is 0 Å². The fraction of sp³-hybridized carbons (Fsp3) is 0.625. The Morgan fingerprint density at radius 1 is 1.38 bits per heavy atom. The van der Waals surface area contributed by atoms with Crippen LogP contribution in [0.5, 0.6) is 0 Å². The first-order valence-electron chi connectivity index (χ1n) is 7.73. The van der Waals surface area contributed by atoms with E-state index < -0.39 is 0 Å². The molecule has 0 spiro atoms. The van der Waals surface area contributed by atoms with Crippen LogP contribution in [-0.4, -0.2) is 19.3 Å². The summed E-state index contributed by atoms with van der Waals surface area (Å²) in [5, 5.41) is 8.29. The SMILES string of the molecule is Cn1ccnc1CN[C@@H]1CCCc2c1cnn2C(C)(C)C. The predicted octanol–water partition coefficient (Wildman–Crippen LogP) is 2.54. The van der Waals surface area contributed by atoms with Crippen molar-refractivity contribution in [3.63, 3.8) is 0 Å². The highest BCUT2D eigenvalue weighted by molar-refractivity contribution is 5.26. The van der Waals surface area contributed by atoms with Gasteiger partial charge in [0.15, 0.2) is 0 Å². The van der Waals surface area contributed by atoms with Gasteiger partial charge in [-0.15, -0.1) is 0 Å². The van der Waals surface area contributed by atoms with E-state index in [-0.39, 0.29) is 5.54 Å². The highest BCUT2D eigenvalue weighted by atomic mass is 15.3. The molecule has 114 valence electrons. The molecule has 1 aliphatic carbocycles. The fourth-order valence-corrected chi connectivity index (χ4v) is 3.13. The molecule has 3 rings (SSSR count). The highest BCUT2D eigenvalue weighted by Crippen LogP contribution is 2.32. The maximum absolute atomic E-state index is 4.64. The van der Waals surface area contributed by atoms with Crippen LogP contribution in [0.4, 0.5) is 0 Å². The van der Waals surface area contributed by atoms with Gasteiger partial charge in [-0.05, 0) is 40.0 Å². The number of fused-ring (bicyclic) bond motifs is 1. The van der Waals surface area contributed by atoms with Crippen molar-refractivity contribution in [3.8, 4) is 0 Å². The molecule has 0 unspecified atom stereocenters. The van der Waals surface area contributed by atoms with E-state index in [1.165, 1.54) is 24.1 Å². The van der Waals surface area contributed by atoms with Gasteiger partial charge in [0.2, 0.25) is 0 Å². The third-order valence-corrected chi connectivity index (χ3v) is 4.25. The number of hydrogen-bond donors (Lipinski definition) is 1. The Morgan fingerprint density at radius 2 is 2.19 bits per heavy atom. The van der Waals surface area contributed by atoms with Crippen LogP contribution in [0.1, 0.15) is 56.7 Å². The van der Waals surface area contributed by atoms with Gasteiger partial charge < -0.3 is 9.88 Å². The van der Waals surface area contributed by atoms with Crippen LogP contribution in [-0.2, 0) is 25.6 Å². The molecular formula is C16H25N5. The molecule has 1 N–H and O–H groups in total.